The Bertz CT molecular complexity index is 428. The van der Waals surface area contributed by atoms with Crippen molar-refractivity contribution in [3.05, 3.63) is 30.3 Å². The quantitative estimate of drug-likeness (QED) is 0.600. The smallest absolute Gasteiger partial charge is 0.107 e. The molecule has 2 aliphatic rings. The molecule has 4 unspecified atom stereocenters. The first-order valence-electron chi connectivity index (χ1n) is 5.84. The number of nitrogens with zero attached hydrogens (tertiary/aromatic N) is 2. The fraction of sp³-hybridized carbons (Fsp3) is 0.500. The Morgan fingerprint density at radius 1 is 1.06 bits per heavy atom. The molecular formula is C12H17N2PS. The van der Waals surface area contributed by atoms with Crippen LogP contribution in [0.4, 0.5) is 0 Å². The number of benzene rings is 1. The third-order valence-corrected chi connectivity index (χ3v) is 8.81. The highest BCUT2D eigenvalue weighted by Crippen LogP contribution is 2.63. The molecule has 1 aromatic rings. The Morgan fingerprint density at radius 3 is 1.88 bits per heavy atom. The Kier molecular flexibility index (Phi) is 2.48. The van der Waals surface area contributed by atoms with E-state index >= 15 is 0 Å². The molecule has 0 aliphatic carbocycles. The first-order chi connectivity index (χ1) is 7.64. The average molecular weight is 252 g/mol. The third kappa shape index (κ3) is 1.58. The summed E-state index contributed by atoms with van der Waals surface area (Å²) in [5, 5.41) is 1.36. The first kappa shape index (κ1) is 10.9. The molecule has 2 saturated heterocycles. The number of hydrogen-bond acceptors (Lipinski definition) is 1. The van der Waals surface area contributed by atoms with E-state index in [1.54, 1.807) is 0 Å². The molecule has 2 nitrogen and oxygen atoms in total. The maximum Gasteiger partial charge on any atom is 0.107 e. The van der Waals surface area contributed by atoms with Crippen LogP contribution in [0.25, 0.3) is 0 Å². The minimum Gasteiger partial charge on any atom is -0.254 e. The van der Waals surface area contributed by atoms with Crippen LogP contribution >= 0.6 is 6.34 Å². The van der Waals surface area contributed by atoms with Crippen molar-refractivity contribution in [3.8, 4) is 0 Å². The van der Waals surface area contributed by atoms with Gasteiger partial charge >= 0.3 is 0 Å². The van der Waals surface area contributed by atoms with Gasteiger partial charge in [-0.15, -0.1) is 0 Å². The van der Waals surface area contributed by atoms with Gasteiger partial charge in [0, 0.05) is 30.5 Å². The van der Waals surface area contributed by atoms with Crippen molar-refractivity contribution in [2.24, 2.45) is 0 Å². The van der Waals surface area contributed by atoms with Gasteiger partial charge in [0.05, 0.1) is 0 Å². The third-order valence-electron chi connectivity index (χ3n) is 3.44. The summed E-state index contributed by atoms with van der Waals surface area (Å²) in [4.78, 5) is 0. The van der Waals surface area contributed by atoms with Crippen molar-refractivity contribution in [2.45, 2.75) is 25.9 Å². The highest BCUT2D eigenvalue weighted by atomic mass is 32.4. The summed E-state index contributed by atoms with van der Waals surface area (Å²) >= 11 is 6.06. The maximum atomic E-state index is 6.06. The van der Waals surface area contributed by atoms with E-state index in [2.05, 4.69) is 53.5 Å². The maximum absolute atomic E-state index is 6.06. The topological polar surface area (TPSA) is 6.02 Å². The van der Waals surface area contributed by atoms with E-state index in [4.69, 9.17) is 11.8 Å². The number of hydrogen-bond donors (Lipinski definition) is 0. The lowest BCUT2D eigenvalue weighted by molar-refractivity contribution is 0.728. The lowest BCUT2D eigenvalue weighted by Gasteiger charge is -2.26. The second-order valence-corrected chi connectivity index (χ2v) is 8.98. The Morgan fingerprint density at radius 2 is 1.50 bits per heavy atom. The van der Waals surface area contributed by atoms with Crippen molar-refractivity contribution in [3.63, 3.8) is 0 Å². The molecule has 0 bridgehead atoms. The molecule has 0 aromatic heterocycles. The van der Waals surface area contributed by atoms with E-state index < -0.39 is 6.34 Å². The zero-order valence-electron chi connectivity index (χ0n) is 9.71. The summed E-state index contributed by atoms with van der Waals surface area (Å²) in [7, 11) is 0. The lowest BCUT2D eigenvalue weighted by atomic mass is 10.4. The van der Waals surface area contributed by atoms with E-state index in [1.165, 1.54) is 18.4 Å². The molecule has 4 atom stereocenters. The van der Waals surface area contributed by atoms with E-state index in [0.717, 1.165) is 0 Å². The largest absolute Gasteiger partial charge is 0.254 e. The van der Waals surface area contributed by atoms with Crippen LogP contribution in [0.2, 0.25) is 0 Å². The van der Waals surface area contributed by atoms with E-state index in [0.29, 0.717) is 12.1 Å². The van der Waals surface area contributed by atoms with Gasteiger partial charge in [-0.3, -0.25) is 9.34 Å². The minimum absolute atomic E-state index is 0.679. The Labute approximate surface area is 102 Å². The predicted octanol–water partition coefficient (Wildman–Crippen LogP) is 2.03. The number of rotatable bonds is 3. The second kappa shape index (κ2) is 3.64. The van der Waals surface area contributed by atoms with Crippen LogP contribution < -0.4 is 5.30 Å². The Balaban J connectivity index is 2.00. The van der Waals surface area contributed by atoms with Crippen molar-refractivity contribution in [1.29, 1.82) is 0 Å². The molecule has 16 heavy (non-hydrogen) atoms. The molecule has 0 N–H and O–H groups in total. The van der Waals surface area contributed by atoms with Gasteiger partial charge < -0.3 is 0 Å². The van der Waals surface area contributed by atoms with Crippen molar-refractivity contribution < 1.29 is 0 Å². The van der Waals surface area contributed by atoms with Gasteiger partial charge in [-0.05, 0) is 13.8 Å². The van der Waals surface area contributed by atoms with Crippen LogP contribution in [0.5, 0.6) is 0 Å². The van der Waals surface area contributed by atoms with Gasteiger partial charge in [0.1, 0.15) is 6.34 Å². The standard InChI is InChI=1S/C12H17N2PS/c1-10-8-13(10)15(16,14-9-11(14)2)12-6-4-3-5-7-12/h3-7,10-11H,8-9H2,1-2H3. The molecule has 2 aliphatic heterocycles. The zero-order valence-corrected chi connectivity index (χ0v) is 11.4. The lowest BCUT2D eigenvalue weighted by Crippen LogP contribution is -2.18. The summed E-state index contributed by atoms with van der Waals surface area (Å²) < 4.78 is 5.03. The molecule has 1 aromatic carbocycles. The predicted molar refractivity (Wildman–Crippen MR) is 72.7 cm³/mol. The molecule has 0 saturated carbocycles. The van der Waals surface area contributed by atoms with Gasteiger partial charge in [0.15, 0.2) is 0 Å². The van der Waals surface area contributed by atoms with Crippen molar-refractivity contribution in [1.82, 2.24) is 9.34 Å². The van der Waals surface area contributed by atoms with Crippen LogP contribution in [-0.2, 0) is 11.8 Å². The molecule has 0 amide bonds. The minimum atomic E-state index is -1.61. The first-order valence-corrected chi connectivity index (χ1v) is 8.54. The van der Waals surface area contributed by atoms with Crippen molar-refractivity contribution in [2.75, 3.05) is 13.1 Å². The van der Waals surface area contributed by atoms with Crippen LogP contribution in [-0.4, -0.2) is 34.5 Å². The van der Waals surface area contributed by atoms with Gasteiger partial charge in [-0.2, -0.15) is 0 Å². The van der Waals surface area contributed by atoms with E-state index in [-0.39, 0.29) is 0 Å². The zero-order chi connectivity index (χ0) is 11.3. The van der Waals surface area contributed by atoms with Crippen LogP contribution in [0.15, 0.2) is 30.3 Å². The van der Waals surface area contributed by atoms with Crippen LogP contribution in [0, 0.1) is 0 Å². The molecule has 4 heteroatoms. The highest BCUT2D eigenvalue weighted by molar-refractivity contribution is 8.16. The van der Waals surface area contributed by atoms with Crippen LogP contribution in [0.1, 0.15) is 13.8 Å². The molecule has 0 spiro atoms. The molecule has 2 fully saturated rings. The molecule has 3 rings (SSSR count). The average Bonchev–Trinajstić information content (AvgIpc) is 3.18. The second-order valence-electron chi connectivity index (χ2n) is 4.82. The van der Waals surface area contributed by atoms with Gasteiger partial charge in [0.2, 0.25) is 0 Å². The normalized spacial score (nSPS) is 40.1. The summed E-state index contributed by atoms with van der Waals surface area (Å²) in [6, 6.07) is 12.1. The van der Waals surface area contributed by atoms with Gasteiger partial charge in [-0.1, -0.05) is 42.1 Å². The summed E-state index contributed by atoms with van der Waals surface area (Å²) in [5.41, 5.74) is 0. The summed E-state index contributed by atoms with van der Waals surface area (Å²) in [5.74, 6) is 0. The van der Waals surface area contributed by atoms with E-state index in [9.17, 15) is 0 Å². The summed E-state index contributed by atoms with van der Waals surface area (Å²) in [6.45, 7) is 6.90. The summed E-state index contributed by atoms with van der Waals surface area (Å²) in [6.07, 6.45) is -1.61. The van der Waals surface area contributed by atoms with E-state index in [1.807, 2.05) is 0 Å². The Hall–Kier alpha value is -0.210. The van der Waals surface area contributed by atoms with Gasteiger partial charge in [-0.25, -0.2) is 0 Å². The fourth-order valence-electron chi connectivity index (χ4n) is 2.27. The monoisotopic (exact) mass is 252 g/mol. The van der Waals surface area contributed by atoms with Gasteiger partial charge in [0.25, 0.3) is 0 Å². The van der Waals surface area contributed by atoms with Crippen molar-refractivity contribution >= 4 is 23.5 Å². The highest BCUT2D eigenvalue weighted by Gasteiger charge is 2.51. The SMILES string of the molecule is CC1CN1P(=S)(c1ccccc1)N1CC1C. The molecule has 2 heterocycles. The van der Waals surface area contributed by atoms with Crippen LogP contribution in [0.3, 0.4) is 0 Å². The molecule has 0 radical (unpaired) electrons. The molecule has 86 valence electrons. The molecular weight excluding hydrogens is 235 g/mol. The fourth-order valence-corrected chi connectivity index (χ4v) is 7.43.